The molecule has 164 valence electrons. The minimum atomic E-state index is 0.240. The molecule has 0 atom stereocenters. The summed E-state index contributed by atoms with van der Waals surface area (Å²) in [6.45, 7) is 4.41. The molecule has 0 radical (unpaired) electrons. The molecule has 0 aliphatic carbocycles. The summed E-state index contributed by atoms with van der Waals surface area (Å²) < 4.78 is 16.6. The van der Waals surface area contributed by atoms with E-state index in [9.17, 15) is 0 Å². The molecule has 0 fully saturated rings. The number of rotatable bonds is 15. The maximum atomic E-state index is 8.80. The van der Waals surface area contributed by atoms with Gasteiger partial charge in [0.1, 0.15) is 11.5 Å². The molecule has 0 heterocycles. The third-order valence-electron chi connectivity index (χ3n) is 4.60. The lowest BCUT2D eigenvalue weighted by Crippen LogP contribution is -1.99. The normalized spacial score (nSPS) is 11.2. The highest BCUT2D eigenvalue weighted by molar-refractivity contribution is 5.47. The van der Waals surface area contributed by atoms with Crippen LogP contribution in [0.3, 0.4) is 0 Å². The van der Waals surface area contributed by atoms with E-state index in [0.717, 1.165) is 73.6 Å². The van der Waals surface area contributed by atoms with Gasteiger partial charge in [-0.1, -0.05) is 0 Å². The molecule has 0 bridgehead atoms. The summed E-state index contributed by atoms with van der Waals surface area (Å²) in [6, 6.07) is 13.4. The van der Waals surface area contributed by atoms with Crippen LogP contribution in [0, 0.1) is 6.92 Å². The number of methoxy groups -OCH3 is 1. The Labute approximate surface area is 179 Å². The molecule has 1 N–H and O–H groups in total. The molecule has 2 aromatic carbocycles. The van der Waals surface area contributed by atoms with Gasteiger partial charge in [0.25, 0.3) is 0 Å². The smallest absolute Gasteiger partial charge is 0.122 e. The monoisotopic (exact) mass is 414 g/mol. The van der Waals surface area contributed by atoms with Crippen molar-refractivity contribution in [1.29, 1.82) is 0 Å². The Hall–Kier alpha value is -2.44. The van der Waals surface area contributed by atoms with Crippen LogP contribution in [-0.4, -0.2) is 38.6 Å². The summed E-state index contributed by atoms with van der Waals surface area (Å²) in [5.74, 6) is 1.71. The number of hydrogen-bond acceptors (Lipinski definition) is 6. The second-order valence-electron chi connectivity index (χ2n) is 7.18. The van der Waals surface area contributed by atoms with Crippen molar-refractivity contribution in [3.8, 4) is 11.5 Å². The molecule has 6 heteroatoms. The Kier molecular flexibility index (Phi) is 11.5. The third-order valence-corrected chi connectivity index (χ3v) is 4.60. The van der Waals surface area contributed by atoms with Gasteiger partial charge in [-0.25, -0.2) is 0 Å². The van der Waals surface area contributed by atoms with Gasteiger partial charge < -0.3 is 19.3 Å². The Morgan fingerprint density at radius 2 is 1.37 bits per heavy atom. The van der Waals surface area contributed by atoms with Gasteiger partial charge in [0.05, 0.1) is 24.6 Å². The van der Waals surface area contributed by atoms with Crippen molar-refractivity contribution in [2.45, 2.75) is 45.4 Å². The van der Waals surface area contributed by atoms with Crippen LogP contribution >= 0.6 is 0 Å². The lowest BCUT2D eigenvalue weighted by Gasteiger charge is -2.09. The molecule has 0 aliphatic rings. The number of hydrogen-bond donors (Lipinski definition) is 1. The molecule has 2 rings (SSSR count). The van der Waals surface area contributed by atoms with E-state index in [-0.39, 0.29) is 6.61 Å². The number of aliphatic hydroxyl groups is 1. The summed E-state index contributed by atoms with van der Waals surface area (Å²) in [7, 11) is 1.73. The van der Waals surface area contributed by atoms with E-state index in [0.29, 0.717) is 13.2 Å². The maximum absolute atomic E-state index is 8.80. The number of aryl methyl sites for hydroxylation is 1. The molecule has 30 heavy (non-hydrogen) atoms. The SMILES string of the molecule is COCCCCCOc1ccc(N=Nc2ccc(OCCCCCO)c(C)c2)cc1. The highest BCUT2D eigenvalue weighted by atomic mass is 16.5. The quantitative estimate of drug-likeness (QED) is 0.280. The van der Waals surface area contributed by atoms with Crippen molar-refractivity contribution in [2.75, 3.05) is 33.5 Å². The predicted octanol–water partition coefficient (Wildman–Crippen LogP) is 6.15. The van der Waals surface area contributed by atoms with Crippen molar-refractivity contribution in [2.24, 2.45) is 10.2 Å². The molecule has 0 saturated carbocycles. The maximum Gasteiger partial charge on any atom is 0.122 e. The number of azo groups is 1. The first-order valence-electron chi connectivity index (χ1n) is 10.7. The zero-order chi connectivity index (χ0) is 21.4. The number of ether oxygens (including phenoxy) is 3. The van der Waals surface area contributed by atoms with Crippen LogP contribution < -0.4 is 9.47 Å². The largest absolute Gasteiger partial charge is 0.494 e. The highest BCUT2D eigenvalue weighted by Crippen LogP contribution is 2.26. The molecule has 2 aromatic rings. The van der Waals surface area contributed by atoms with Gasteiger partial charge in [0.15, 0.2) is 0 Å². The Morgan fingerprint density at radius 1 is 0.733 bits per heavy atom. The first kappa shape index (κ1) is 23.8. The second-order valence-corrected chi connectivity index (χ2v) is 7.18. The average molecular weight is 415 g/mol. The molecule has 0 unspecified atom stereocenters. The molecule has 0 spiro atoms. The lowest BCUT2D eigenvalue weighted by molar-refractivity contribution is 0.189. The minimum Gasteiger partial charge on any atom is -0.494 e. The highest BCUT2D eigenvalue weighted by Gasteiger charge is 2.02. The standard InChI is InChI=1S/C24H34N2O4/c1-20-19-22(11-14-24(20)30-18-7-3-5-15-27)26-25-21-9-12-23(13-10-21)29-17-8-4-6-16-28-2/h9-14,19,27H,3-8,15-18H2,1-2H3. The Balaban J connectivity index is 1.77. The molecule has 0 saturated heterocycles. The fourth-order valence-corrected chi connectivity index (χ4v) is 2.87. The summed E-state index contributed by atoms with van der Waals surface area (Å²) in [6.07, 6.45) is 5.93. The van der Waals surface area contributed by atoms with Crippen LogP contribution in [-0.2, 0) is 4.74 Å². The zero-order valence-corrected chi connectivity index (χ0v) is 18.2. The molecule has 0 amide bonds. The minimum absolute atomic E-state index is 0.240. The number of nitrogens with zero attached hydrogens (tertiary/aromatic N) is 2. The molecule has 6 nitrogen and oxygen atoms in total. The van der Waals surface area contributed by atoms with Gasteiger partial charge in [-0.15, -0.1) is 0 Å². The van der Waals surface area contributed by atoms with Crippen LogP contribution in [0.4, 0.5) is 11.4 Å². The van der Waals surface area contributed by atoms with Crippen LogP contribution in [0.15, 0.2) is 52.7 Å². The van der Waals surface area contributed by atoms with E-state index < -0.39 is 0 Å². The van der Waals surface area contributed by atoms with Gasteiger partial charge >= 0.3 is 0 Å². The Morgan fingerprint density at radius 3 is 2.07 bits per heavy atom. The van der Waals surface area contributed by atoms with Gasteiger partial charge in [-0.3, -0.25) is 0 Å². The topological polar surface area (TPSA) is 72.6 Å². The lowest BCUT2D eigenvalue weighted by atomic mass is 10.2. The van der Waals surface area contributed by atoms with E-state index >= 15 is 0 Å². The fourth-order valence-electron chi connectivity index (χ4n) is 2.87. The summed E-state index contributed by atoms with van der Waals surface area (Å²) in [5.41, 5.74) is 2.60. The predicted molar refractivity (Wildman–Crippen MR) is 119 cm³/mol. The van der Waals surface area contributed by atoms with E-state index in [1.807, 2.05) is 49.4 Å². The van der Waals surface area contributed by atoms with E-state index in [1.54, 1.807) is 7.11 Å². The number of unbranched alkanes of at least 4 members (excludes halogenated alkanes) is 4. The van der Waals surface area contributed by atoms with Gasteiger partial charge in [0.2, 0.25) is 0 Å². The van der Waals surface area contributed by atoms with E-state index in [4.69, 9.17) is 19.3 Å². The molecule has 0 aliphatic heterocycles. The first-order valence-corrected chi connectivity index (χ1v) is 10.7. The number of benzene rings is 2. The number of aliphatic hydroxyl groups excluding tert-OH is 1. The van der Waals surface area contributed by atoms with Gasteiger partial charge in [-0.05, 0) is 93.5 Å². The summed E-state index contributed by atoms with van der Waals surface area (Å²) in [5, 5.41) is 17.4. The molecular formula is C24H34N2O4. The van der Waals surface area contributed by atoms with Crippen molar-refractivity contribution in [3.63, 3.8) is 0 Å². The molecular weight excluding hydrogens is 380 g/mol. The van der Waals surface area contributed by atoms with E-state index in [2.05, 4.69) is 10.2 Å². The van der Waals surface area contributed by atoms with E-state index in [1.165, 1.54) is 0 Å². The zero-order valence-electron chi connectivity index (χ0n) is 18.2. The molecule has 0 aromatic heterocycles. The summed E-state index contributed by atoms with van der Waals surface area (Å²) in [4.78, 5) is 0. The Bertz CT molecular complexity index is 747. The fraction of sp³-hybridized carbons (Fsp3) is 0.500. The van der Waals surface area contributed by atoms with Crippen molar-refractivity contribution in [3.05, 3.63) is 48.0 Å². The van der Waals surface area contributed by atoms with Crippen LogP contribution in [0.1, 0.15) is 44.1 Å². The first-order chi connectivity index (χ1) is 14.7. The summed E-state index contributed by atoms with van der Waals surface area (Å²) >= 11 is 0. The van der Waals surface area contributed by atoms with Crippen LogP contribution in [0.25, 0.3) is 0 Å². The second kappa shape index (κ2) is 14.5. The van der Waals surface area contributed by atoms with Crippen LogP contribution in [0.2, 0.25) is 0 Å². The average Bonchev–Trinajstić information content (AvgIpc) is 2.76. The van der Waals surface area contributed by atoms with Crippen molar-refractivity contribution >= 4 is 11.4 Å². The van der Waals surface area contributed by atoms with Crippen molar-refractivity contribution < 1.29 is 19.3 Å². The van der Waals surface area contributed by atoms with Gasteiger partial charge in [-0.2, -0.15) is 10.2 Å². The van der Waals surface area contributed by atoms with Crippen molar-refractivity contribution in [1.82, 2.24) is 0 Å². The third kappa shape index (κ3) is 9.37. The van der Waals surface area contributed by atoms with Gasteiger partial charge in [0, 0.05) is 20.3 Å². The van der Waals surface area contributed by atoms with Crippen LogP contribution in [0.5, 0.6) is 11.5 Å².